The largest absolute Gasteiger partial charge is 0.491 e. The van der Waals surface area contributed by atoms with Gasteiger partial charge in [0, 0.05) is 12.4 Å². The van der Waals surface area contributed by atoms with Crippen molar-refractivity contribution in [3.05, 3.63) is 11.5 Å². The van der Waals surface area contributed by atoms with Crippen LogP contribution in [0.5, 0.6) is 5.75 Å². The molecular weight excluding hydrogens is 236 g/mol. The number of ether oxygens (including phenoxy) is 1. The molecular formula is C9H13ClN2O2S. The Balaban J connectivity index is 2.72. The van der Waals surface area contributed by atoms with Crippen LogP contribution in [0.2, 0.25) is 5.15 Å². The van der Waals surface area contributed by atoms with Crippen molar-refractivity contribution >= 4 is 23.4 Å². The van der Waals surface area contributed by atoms with Crippen molar-refractivity contribution in [2.75, 3.05) is 19.5 Å². The summed E-state index contributed by atoms with van der Waals surface area (Å²) in [6.45, 7) is 2.12. The molecule has 0 aliphatic carbocycles. The molecule has 1 rings (SSSR count). The van der Waals surface area contributed by atoms with Crippen molar-refractivity contribution in [1.82, 2.24) is 9.97 Å². The summed E-state index contributed by atoms with van der Waals surface area (Å²) in [6.07, 6.45) is 1.40. The van der Waals surface area contributed by atoms with Crippen LogP contribution in [0.25, 0.3) is 0 Å². The lowest BCUT2D eigenvalue weighted by Crippen LogP contribution is -2.04. The highest BCUT2D eigenvalue weighted by Gasteiger charge is 2.11. The highest BCUT2D eigenvalue weighted by atomic mass is 35.5. The van der Waals surface area contributed by atoms with Crippen molar-refractivity contribution in [3.63, 3.8) is 0 Å². The summed E-state index contributed by atoms with van der Waals surface area (Å²) in [7, 11) is 1.53. The molecule has 0 aliphatic heterocycles. The van der Waals surface area contributed by atoms with Crippen molar-refractivity contribution in [1.29, 1.82) is 0 Å². The Kier molecular flexibility index (Phi) is 5.14. The monoisotopic (exact) mass is 248 g/mol. The van der Waals surface area contributed by atoms with Gasteiger partial charge in [-0.25, -0.2) is 9.97 Å². The van der Waals surface area contributed by atoms with E-state index in [2.05, 4.69) is 9.97 Å². The highest BCUT2D eigenvalue weighted by Crippen LogP contribution is 2.32. The van der Waals surface area contributed by atoms with Gasteiger partial charge in [0.2, 0.25) is 0 Å². The summed E-state index contributed by atoms with van der Waals surface area (Å²) in [5, 5.41) is 9.91. The number of methoxy groups -OCH3 is 1. The number of thioether (sulfide) groups is 1. The van der Waals surface area contributed by atoms with E-state index in [9.17, 15) is 0 Å². The molecule has 6 heteroatoms. The van der Waals surface area contributed by atoms with Crippen LogP contribution < -0.4 is 4.74 Å². The smallest absolute Gasteiger partial charge is 0.188 e. The minimum atomic E-state index is 0.161. The Morgan fingerprint density at radius 3 is 2.93 bits per heavy atom. The maximum Gasteiger partial charge on any atom is 0.188 e. The first-order valence-electron chi connectivity index (χ1n) is 4.47. The average Bonchev–Trinajstić information content (AvgIpc) is 2.25. The maximum absolute atomic E-state index is 8.89. The summed E-state index contributed by atoms with van der Waals surface area (Å²) in [5.74, 6) is 1.47. The third-order valence-electron chi connectivity index (χ3n) is 1.75. The molecule has 1 N–H and O–H groups in total. The van der Waals surface area contributed by atoms with E-state index in [-0.39, 0.29) is 12.5 Å². The number of hydrogen-bond acceptors (Lipinski definition) is 5. The zero-order valence-corrected chi connectivity index (χ0v) is 10.2. The maximum atomic E-state index is 8.89. The van der Waals surface area contributed by atoms with Gasteiger partial charge in [-0.2, -0.15) is 0 Å². The van der Waals surface area contributed by atoms with Gasteiger partial charge in [0.15, 0.2) is 10.9 Å². The van der Waals surface area contributed by atoms with E-state index in [0.29, 0.717) is 15.9 Å². The van der Waals surface area contributed by atoms with E-state index < -0.39 is 0 Å². The Hall–Kier alpha value is -0.520. The standard InChI is InChI=1S/C9H13ClN2O2S/c1-6(3-13)4-15-9-7(14-2)8(10)11-5-12-9/h5-6,13H,3-4H2,1-2H3. The van der Waals surface area contributed by atoms with Crippen LogP contribution in [-0.4, -0.2) is 34.5 Å². The first kappa shape index (κ1) is 12.5. The van der Waals surface area contributed by atoms with E-state index in [1.54, 1.807) is 0 Å². The van der Waals surface area contributed by atoms with Gasteiger partial charge in [0.1, 0.15) is 11.4 Å². The summed E-state index contributed by atoms with van der Waals surface area (Å²) < 4.78 is 5.10. The minimum Gasteiger partial charge on any atom is -0.491 e. The molecule has 0 spiro atoms. The van der Waals surface area contributed by atoms with Crippen LogP contribution in [0.3, 0.4) is 0 Å². The lowest BCUT2D eigenvalue weighted by molar-refractivity contribution is 0.250. The molecule has 0 amide bonds. The van der Waals surface area contributed by atoms with Gasteiger partial charge in [-0.1, -0.05) is 18.5 Å². The van der Waals surface area contributed by atoms with E-state index in [1.165, 1.54) is 25.2 Å². The zero-order chi connectivity index (χ0) is 11.3. The third-order valence-corrected chi connectivity index (χ3v) is 3.32. The molecule has 84 valence electrons. The van der Waals surface area contributed by atoms with Crippen molar-refractivity contribution < 1.29 is 9.84 Å². The SMILES string of the molecule is COc1c(Cl)ncnc1SCC(C)CO. The second kappa shape index (κ2) is 6.15. The summed E-state index contributed by atoms with van der Waals surface area (Å²) in [5.41, 5.74) is 0. The van der Waals surface area contributed by atoms with E-state index >= 15 is 0 Å². The fourth-order valence-electron chi connectivity index (χ4n) is 0.886. The molecule has 0 bridgehead atoms. The lowest BCUT2D eigenvalue weighted by atomic mass is 10.2. The fraction of sp³-hybridized carbons (Fsp3) is 0.556. The van der Waals surface area contributed by atoms with Crippen LogP contribution in [-0.2, 0) is 0 Å². The minimum absolute atomic E-state index is 0.161. The molecule has 1 heterocycles. The third kappa shape index (κ3) is 3.52. The average molecular weight is 249 g/mol. The van der Waals surface area contributed by atoms with Crippen LogP contribution in [0, 0.1) is 5.92 Å². The predicted molar refractivity (Wildman–Crippen MR) is 60.6 cm³/mol. The van der Waals surface area contributed by atoms with Gasteiger partial charge in [0.05, 0.1) is 7.11 Å². The zero-order valence-electron chi connectivity index (χ0n) is 8.61. The summed E-state index contributed by atoms with van der Waals surface area (Å²) in [4.78, 5) is 7.90. The number of hydrogen-bond donors (Lipinski definition) is 1. The van der Waals surface area contributed by atoms with Gasteiger partial charge in [-0.3, -0.25) is 0 Å². The number of aromatic nitrogens is 2. The van der Waals surface area contributed by atoms with Gasteiger partial charge in [0.25, 0.3) is 0 Å². The first-order valence-corrected chi connectivity index (χ1v) is 5.83. The number of aliphatic hydroxyl groups is 1. The summed E-state index contributed by atoms with van der Waals surface area (Å²) in [6, 6.07) is 0. The van der Waals surface area contributed by atoms with Crippen LogP contribution in [0.4, 0.5) is 0 Å². The van der Waals surface area contributed by atoms with E-state index in [4.69, 9.17) is 21.4 Å². The number of aliphatic hydroxyl groups excluding tert-OH is 1. The molecule has 1 atom stereocenters. The van der Waals surface area contributed by atoms with Gasteiger partial charge in [-0.15, -0.1) is 11.8 Å². The Labute approximate surface area is 98.0 Å². The van der Waals surface area contributed by atoms with Gasteiger partial charge < -0.3 is 9.84 Å². The van der Waals surface area contributed by atoms with Crippen molar-refractivity contribution in [3.8, 4) is 5.75 Å². The molecule has 0 fully saturated rings. The van der Waals surface area contributed by atoms with Crippen molar-refractivity contribution in [2.24, 2.45) is 5.92 Å². The number of rotatable bonds is 5. The normalized spacial score (nSPS) is 12.5. The second-order valence-corrected chi connectivity index (χ2v) is 4.47. The summed E-state index contributed by atoms with van der Waals surface area (Å²) >= 11 is 7.34. The molecule has 0 saturated heterocycles. The molecule has 0 aromatic carbocycles. The van der Waals surface area contributed by atoms with Crippen LogP contribution >= 0.6 is 23.4 Å². The molecule has 0 radical (unpaired) electrons. The fourth-order valence-corrected chi connectivity index (χ4v) is 2.13. The number of nitrogens with zero attached hydrogens (tertiary/aromatic N) is 2. The molecule has 0 saturated carbocycles. The molecule has 15 heavy (non-hydrogen) atoms. The Bertz CT molecular complexity index is 325. The van der Waals surface area contributed by atoms with Crippen LogP contribution in [0.15, 0.2) is 11.4 Å². The Morgan fingerprint density at radius 2 is 2.33 bits per heavy atom. The quantitative estimate of drug-likeness (QED) is 0.637. The van der Waals surface area contributed by atoms with E-state index in [1.807, 2.05) is 6.92 Å². The predicted octanol–water partition coefficient (Wildman–Crippen LogP) is 1.86. The molecule has 4 nitrogen and oxygen atoms in total. The lowest BCUT2D eigenvalue weighted by Gasteiger charge is -2.09. The van der Waals surface area contributed by atoms with Crippen LogP contribution in [0.1, 0.15) is 6.92 Å². The van der Waals surface area contributed by atoms with Gasteiger partial charge >= 0.3 is 0 Å². The molecule has 0 aliphatic rings. The molecule has 1 aromatic heterocycles. The first-order chi connectivity index (χ1) is 7.19. The second-order valence-electron chi connectivity index (χ2n) is 3.10. The molecule has 1 aromatic rings. The molecule has 1 unspecified atom stereocenters. The van der Waals surface area contributed by atoms with Gasteiger partial charge in [-0.05, 0) is 5.92 Å². The number of halogens is 1. The van der Waals surface area contributed by atoms with Crippen molar-refractivity contribution in [2.45, 2.75) is 11.9 Å². The topological polar surface area (TPSA) is 55.2 Å². The highest BCUT2D eigenvalue weighted by molar-refractivity contribution is 7.99. The Morgan fingerprint density at radius 1 is 1.60 bits per heavy atom. The van der Waals surface area contributed by atoms with E-state index in [0.717, 1.165) is 5.75 Å².